The minimum Gasteiger partial charge on any atom is -0.337 e. The number of nitrogens with zero attached hydrogens (tertiary/aromatic N) is 4. The van der Waals surface area contributed by atoms with Crippen LogP contribution in [0.2, 0.25) is 5.02 Å². The molecule has 0 radical (unpaired) electrons. The fourth-order valence-corrected chi connectivity index (χ4v) is 2.74. The fraction of sp³-hybridized carbons (Fsp3) is 0. The van der Waals surface area contributed by atoms with Crippen LogP contribution in [-0.2, 0) is 0 Å². The van der Waals surface area contributed by atoms with Gasteiger partial charge in [-0.25, -0.2) is 9.97 Å². The van der Waals surface area contributed by atoms with E-state index in [9.17, 15) is 0 Å². The third kappa shape index (κ3) is 2.26. The molecule has 110 valence electrons. The van der Waals surface area contributed by atoms with Gasteiger partial charge in [0.1, 0.15) is 5.52 Å². The van der Waals surface area contributed by atoms with Crippen LogP contribution in [0.15, 0.2) is 55.0 Å². The topological polar surface area (TPSA) is 66.0 Å². The van der Waals surface area contributed by atoms with Crippen LogP contribution in [0.4, 0.5) is 11.5 Å². The minimum absolute atomic E-state index is 0.469. The van der Waals surface area contributed by atoms with E-state index in [-0.39, 0.29) is 0 Å². The molecule has 0 saturated carbocycles. The monoisotopic (exact) mass is 319 g/mol. The largest absolute Gasteiger partial charge is 0.337 e. The molecule has 2 aromatic heterocycles. The minimum atomic E-state index is 0.469. The summed E-state index contributed by atoms with van der Waals surface area (Å²) in [6.45, 7) is 0. The summed E-state index contributed by atoms with van der Waals surface area (Å²) in [7, 11) is 0. The van der Waals surface area contributed by atoms with Crippen molar-refractivity contribution in [2.45, 2.75) is 0 Å². The normalized spacial score (nSPS) is 10.8. The molecule has 4 rings (SSSR count). The molecule has 5 nitrogen and oxygen atoms in total. The molecule has 0 amide bonds. The zero-order chi connectivity index (χ0) is 15.8. The van der Waals surface area contributed by atoms with E-state index in [0.717, 1.165) is 16.6 Å². The maximum atomic E-state index is 8.92. The predicted molar refractivity (Wildman–Crippen MR) is 89.9 cm³/mol. The molecule has 0 saturated heterocycles. The molecular weight excluding hydrogens is 310 g/mol. The number of aromatic nitrogens is 3. The summed E-state index contributed by atoms with van der Waals surface area (Å²) in [6, 6.07) is 15.0. The van der Waals surface area contributed by atoms with E-state index in [1.807, 2.05) is 28.7 Å². The van der Waals surface area contributed by atoms with Crippen molar-refractivity contribution in [3.63, 3.8) is 0 Å². The van der Waals surface area contributed by atoms with Crippen LogP contribution in [0.25, 0.3) is 16.6 Å². The Balaban J connectivity index is 1.88. The average molecular weight is 320 g/mol. The van der Waals surface area contributed by atoms with Gasteiger partial charge >= 0.3 is 0 Å². The Morgan fingerprint density at radius 3 is 2.83 bits per heavy atom. The van der Waals surface area contributed by atoms with E-state index in [0.29, 0.717) is 22.1 Å². The third-order valence-corrected chi connectivity index (χ3v) is 3.92. The Bertz CT molecular complexity index is 1080. The number of para-hydroxylation sites is 2. The summed E-state index contributed by atoms with van der Waals surface area (Å²) in [5.41, 5.74) is 3.89. The highest BCUT2D eigenvalue weighted by molar-refractivity contribution is 6.33. The van der Waals surface area contributed by atoms with Crippen LogP contribution in [0.3, 0.4) is 0 Å². The highest BCUT2D eigenvalue weighted by Crippen LogP contribution is 2.29. The maximum Gasteiger partial charge on any atom is 0.157 e. The van der Waals surface area contributed by atoms with Gasteiger partial charge in [0.05, 0.1) is 45.9 Å². The van der Waals surface area contributed by atoms with Gasteiger partial charge < -0.3 is 5.32 Å². The van der Waals surface area contributed by atoms with Crippen LogP contribution >= 0.6 is 11.6 Å². The van der Waals surface area contributed by atoms with Crippen molar-refractivity contribution in [2.75, 3.05) is 5.32 Å². The zero-order valence-corrected chi connectivity index (χ0v) is 12.6. The van der Waals surface area contributed by atoms with E-state index >= 15 is 0 Å². The lowest BCUT2D eigenvalue weighted by Crippen LogP contribution is -1.99. The summed E-state index contributed by atoms with van der Waals surface area (Å²) >= 11 is 6.24. The number of rotatable bonds is 2. The summed E-state index contributed by atoms with van der Waals surface area (Å²) in [6.07, 6.45) is 3.50. The molecule has 0 aliphatic heterocycles. The van der Waals surface area contributed by atoms with Crippen molar-refractivity contribution >= 4 is 39.7 Å². The summed E-state index contributed by atoms with van der Waals surface area (Å²) in [5.74, 6) is 0.660. The molecule has 2 aromatic carbocycles. The van der Waals surface area contributed by atoms with Crippen molar-refractivity contribution in [1.29, 1.82) is 5.26 Å². The Labute approximate surface area is 136 Å². The quantitative estimate of drug-likeness (QED) is 0.602. The number of imidazole rings is 1. The first-order chi connectivity index (χ1) is 11.3. The molecule has 0 atom stereocenters. The number of benzene rings is 2. The Morgan fingerprint density at radius 2 is 2.00 bits per heavy atom. The predicted octanol–water partition coefficient (Wildman–Crippen LogP) is 4.15. The van der Waals surface area contributed by atoms with Gasteiger partial charge in [0, 0.05) is 0 Å². The number of anilines is 2. The van der Waals surface area contributed by atoms with Gasteiger partial charge in [0.2, 0.25) is 0 Å². The molecule has 4 aromatic rings. The van der Waals surface area contributed by atoms with Crippen molar-refractivity contribution in [3.05, 3.63) is 65.6 Å². The van der Waals surface area contributed by atoms with E-state index in [1.54, 1.807) is 30.7 Å². The van der Waals surface area contributed by atoms with E-state index in [2.05, 4.69) is 21.4 Å². The molecule has 0 unspecified atom stereocenters. The number of nitrogens with one attached hydrogen (secondary N) is 1. The van der Waals surface area contributed by atoms with Crippen LogP contribution in [0, 0.1) is 11.3 Å². The van der Waals surface area contributed by atoms with E-state index in [4.69, 9.17) is 16.9 Å². The first-order valence-corrected chi connectivity index (χ1v) is 7.31. The number of nitriles is 1. The van der Waals surface area contributed by atoms with Gasteiger partial charge in [0.25, 0.3) is 0 Å². The van der Waals surface area contributed by atoms with Crippen LogP contribution < -0.4 is 5.32 Å². The fourth-order valence-electron chi connectivity index (χ4n) is 2.51. The molecule has 23 heavy (non-hydrogen) atoms. The van der Waals surface area contributed by atoms with Gasteiger partial charge in [-0.1, -0.05) is 23.7 Å². The molecule has 1 N–H and O–H groups in total. The Hall–Kier alpha value is -3.10. The van der Waals surface area contributed by atoms with E-state index < -0.39 is 0 Å². The van der Waals surface area contributed by atoms with Crippen molar-refractivity contribution in [1.82, 2.24) is 14.4 Å². The smallest absolute Gasteiger partial charge is 0.157 e. The van der Waals surface area contributed by atoms with Gasteiger partial charge in [-0.15, -0.1) is 0 Å². The molecule has 6 heteroatoms. The Morgan fingerprint density at radius 1 is 1.13 bits per heavy atom. The lowest BCUT2D eigenvalue weighted by Gasteiger charge is -2.11. The van der Waals surface area contributed by atoms with Gasteiger partial charge in [-0.3, -0.25) is 4.40 Å². The molecule has 0 spiro atoms. The van der Waals surface area contributed by atoms with Crippen molar-refractivity contribution in [2.24, 2.45) is 0 Å². The molecular formula is C17H10ClN5. The average Bonchev–Trinajstić information content (AvgIpc) is 3.07. The van der Waals surface area contributed by atoms with Gasteiger partial charge in [-0.2, -0.15) is 5.26 Å². The second-order valence-corrected chi connectivity index (χ2v) is 5.44. The zero-order valence-electron chi connectivity index (χ0n) is 11.9. The van der Waals surface area contributed by atoms with Crippen LogP contribution in [0.1, 0.15) is 5.56 Å². The summed E-state index contributed by atoms with van der Waals surface area (Å²) in [5, 5.41) is 12.6. The molecule has 2 heterocycles. The van der Waals surface area contributed by atoms with Crippen LogP contribution in [0.5, 0.6) is 0 Å². The third-order valence-electron chi connectivity index (χ3n) is 3.61. The van der Waals surface area contributed by atoms with Crippen molar-refractivity contribution < 1.29 is 0 Å². The second kappa shape index (κ2) is 5.27. The first-order valence-electron chi connectivity index (χ1n) is 6.94. The van der Waals surface area contributed by atoms with E-state index in [1.165, 1.54) is 0 Å². The molecule has 0 bridgehead atoms. The standard InChI is InChI=1S/C17H10ClN5/c18-12-7-11(8-19)5-6-13(12)21-17-16-9-20-10-23(16)15-4-2-1-3-14(15)22-17/h1-7,9-10H,(H,21,22). The van der Waals surface area contributed by atoms with Crippen molar-refractivity contribution in [3.8, 4) is 6.07 Å². The summed E-state index contributed by atoms with van der Waals surface area (Å²) < 4.78 is 1.97. The number of hydrogen-bond donors (Lipinski definition) is 1. The van der Waals surface area contributed by atoms with Crippen LogP contribution in [-0.4, -0.2) is 14.4 Å². The molecule has 0 aliphatic rings. The lowest BCUT2D eigenvalue weighted by atomic mass is 10.2. The number of hydrogen-bond acceptors (Lipinski definition) is 4. The van der Waals surface area contributed by atoms with Gasteiger partial charge in [0.15, 0.2) is 5.82 Å². The lowest BCUT2D eigenvalue weighted by molar-refractivity contribution is 1.19. The second-order valence-electron chi connectivity index (χ2n) is 5.03. The Kier molecular flexibility index (Phi) is 3.11. The molecule has 0 aliphatic carbocycles. The number of halogens is 1. The first kappa shape index (κ1) is 13.6. The summed E-state index contributed by atoms with van der Waals surface area (Å²) in [4.78, 5) is 8.87. The maximum absolute atomic E-state index is 8.92. The highest BCUT2D eigenvalue weighted by Gasteiger charge is 2.10. The highest BCUT2D eigenvalue weighted by atomic mass is 35.5. The SMILES string of the molecule is N#Cc1ccc(Nc2nc3ccccc3n3cncc23)c(Cl)c1. The molecule has 0 fully saturated rings. The van der Waals surface area contributed by atoms with Gasteiger partial charge in [-0.05, 0) is 30.3 Å². The number of fused-ring (bicyclic) bond motifs is 3.